The predicted octanol–water partition coefficient (Wildman–Crippen LogP) is 3.84. The van der Waals surface area contributed by atoms with Crippen LogP contribution >= 0.6 is 0 Å². The van der Waals surface area contributed by atoms with Crippen LogP contribution in [-0.4, -0.2) is 13.1 Å². The Morgan fingerprint density at radius 1 is 1.13 bits per heavy atom. The number of rotatable bonds is 5. The molecule has 0 spiro atoms. The van der Waals surface area contributed by atoms with Gasteiger partial charge in [-0.15, -0.1) is 0 Å². The normalized spacial score (nSPS) is 31.2. The maximum atomic E-state index is 3.56. The van der Waals surface area contributed by atoms with Crippen LogP contribution in [0.2, 0.25) is 0 Å². The average molecular weight is 211 g/mol. The van der Waals surface area contributed by atoms with E-state index in [4.69, 9.17) is 0 Å². The second-order valence-corrected chi connectivity index (χ2v) is 5.39. The first-order valence-corrected chi connectivity index (χ1v) is 6.90. The van der Waals surface area contributed by atoms with Crippen molar-refractivity contribution in [3.8, 4) is 0 Å². The molecule has 1 fully saturated rings. The molecule has 1 aliphatic carbocycles. The Morgan fingerprint density at radius 2 is 1.73 bits per heavy atom. The van der Waals surface area contributed by atoms with E-state index in [-0.39, 0.29) is 0 Å². The van der Waals surface area contributed by atoms with Crippen LogP contribution in [0.3, 0.4) is 0 Å². The summed E-state index contributed by atoms with van der Waals surface area (Å²) in [5.74, 6) is 2.79. The fourth-order valence-corrected chi connectivity index (χ4v) is 3.19. The van der Waals surface area contributed by atoms with Crippen molar-refractivity contribution < 1.29 is 0 Å². The van der Waals surface area contributed by atoms with Crippen molar-refractivity contribution in [1.29, 1.82) is 0 Å². The largest absolute Gasteiger partial charge is 0.316 e. The summed E-state index contributed by atoms with van der Waals surface area (Å²) in [4.78, 5) is 0. The van der Waals surface area contributed by atoms with Crippen LogP contribution in [0.1, 0.15) is 59.3 Å². The maximum absolute atomic E-state index is 3.56. The van der Waals surface area contributed by atoms with Crippen molar-refractivity contribution >= 4 is 0 Å². The highest BCUT2D eigenvalue weighted by Crippen LogP contribution is 2.34. The van der Waals surface area contributed by atoms with Crippen molar-refractivity contribution in [3.05, 3.63) is 0 Å². The quantitative estimate of drug-likeness (QED) is 0.728. The Hall–Kier alpha value is -0.0400. The number of hydrogen-bond acceptors (Lipinski definition) is 1. The Kier molecular flexibility index (Phi) is 5.66. The first-order chi connectivity index (χ1) is 7.22. The van der Waals surface area contributed by atoms with Gasteiger partial charge in [0.25, 0.3) is 0 Å². The highest BCUT2D eigenvalue weighted by Gasteiger charge is 2.28. The second kappa shape index (κ2) is 6.52. The third-order valence-corrected chi connectivity index (χ3v) is 4.57. The van der Waals surface area contributed by atoms with Gasteiger partial charge in [0.05, 0.1) is 0 Å². The lowest BCUT2D eigenvalue weighted by Crippen LogP contribution is -2.40. The van der Waals surface area contributed by atoms with E-state index in [1.165, 1.54) is 38.5 Å². The molecule has 15 heavy (non-hydrogen) atoms. The minimum absolute atomic E-state index is 0.757. The van der Waals surface area contributed by atoms with Crippen LogP contribution < -0.4 is 5.32 Å². The van der Waals surface area contributed by atoms with E-state index in [1.807, 2.05) is 0 Å². The average Bonchev–Trinajstić information content (AvgIpc) is 2.30. The first kappa shape index (κ1) is 13.0. The first-order valence-electron chi connectivity index (χ1n) is 6.90. The van der Waals surface area contributed by atoms with Crippen molar-refractivity contribution in [2.45, 2.75) is 65.3 Å². The van der Waals surface area contributed by atoms with E-state index in [2.05, 4.69) is 33.1 Å². The zero-order valence-corrected chi connectivity index (χ0v) is 11.1. The van der Waals surface area contributed by atoms with E-state index in [1.54, 1.807) is 0 Å². The van der Waals surface area contributed by atoms with Gasteiger partial charge in [0.15, 0.2) is 0 Å². The summed E-state index contributed by atoms with van der Waals surface area (Å²) in [5, 5.41) is 3.56. The molecule has 1 nitrogen and oxygen atoms in total. The summed E-state index contributed by atoms with van der Waals surface area (Å²) in [5.41, 5.74) is 0. The summed E-state index contributed by atoms with van der Waals surface area (Å²) in [6.45, 7) is 7.05. The lowest BCUT2D eigenvalue weighted by Gasteiger charge is -2.36. The Morgan fingerprint density at radius 3 is 2.13 bits per heavy atom. The standard InChI is InChI=1S/C14H29N/c1-5-11(3)14(15-4)13-9-7-12(6-2)8-10-13/h11-15H,5-10H2,1-4H3. The van der Waals surface area contributed by atoms with Crippen LogP contribution in [0.15, 0.2) is 0 Å². The van der Waals surface area contributed by atoms with Crippen LogP contribution in [0.4, 0.5) is 0 Å². The fourth-order valence-electron chi connectivity index (χ4n) is 3.19. The molecule has 0 saturated heterocycles. The molecule has 0 heterocycles. The fraction of sp³-hybridized carbons (Fsp3) is 1.00. The molecule has 0 amide bonds. The molecule has 0 aromatic rings. The molecule has 0 aromatic carbocycles. The van der Waals surface area contributed by atoms with Crippen LogP contribution in [0.25, 0.3) is 0 Å². The molecule has 0 aromatic heterocycles. The van der Waals surface area contributed by atoms with Crippen molar-refractivity contribution in [2.75, 3.05) is 7.05 Å². The smallest absolute Gasteiger partial charge is 0.0118 e. The lowest BCUT2D eigenvalue weighted by molar-refractivity contribution is 0.185. The maximum Gasteiger partial charge on any atom is 0.0118 e. The summed E-state index contributed by atoms with van der Waals surface area (Å²) in [6.07, 6.45) is 8.54. The molecule has 0 radical (unpaired) electrons. The second-order valence-electron chi connectivity index (χ2n) is 5.39. The minimum Gasteiger partial charge on any atom is -0.316 e. The van der Waals surface area contributed by atoms with Gasteiger partial charge < -0.3 is 5.32 Å². The van der Waals surface area contributed by atoms with Crippen molar-refractivity contribution in [3.63, 3.8) is 0 Å². The highest BCUT2D eigenvalue weighted by molar-refractivity contribution is 4.83. The van der Waals surface area contributed by atoms with Crippen LogP contribution in [0, 0.1) is 17.8 Å². The van der Waals surface area contributed by atoms with E-state index in [0.29, 0.717) is 0 Å². The van der Waals surface area contributed by atoms with E-state index < -0.39 is 0 Å². The molecular formula is C14H29N. The Balaban J connectivity index is 2.42. The molecule has 2 atom stereocenters. The molecule has 1 aliphatic rings. The van der Waals surface area contributed by atoms with Gasteiger partial charge >= 0.3 is 0 Å². The minimum atomic E-state index is 0.757. The molecule has 2 unspecified atom stereocenters. The van der Waals surface area contributed by atoms with Gasteiger partial charge in [-0.25, -0.2) is 0 Å². The van der Waals surface area contributed by atoms with Gasteiger partial charge in [-0.05, 0) is 37.6 Å². The molecular weight excluding hydrogens is 182 g/mol. The van der Waals surface area contributed by atoms with Gasteiger partial charge in [0.1, 0.15) is 0 Å². The predicted molar refractivity (Wildman–Crippen MR) is 68.0 cm³/mol. The summed E-state index contributed by atoms with van der Waals surface area (Å²) in [6, 6.07) is 0.757. The van der Waals surface area contributed by atoms with Gasteiger partial charge in [0, 0.05) is 6.04 Å². The molecule has 1 saturated carbocycles. The van der Waals surface area contributed by atoms with Gasteiger partial charge in [-0.2, -0.15) is 0 Å². The summed E-state index contributed by atoms with van der Waals surface area (Å²) >= 11 is 0. The van der Waals surface area contributed by atoms with Gasteiger partial charge in [0.2, 0.25) is 0 Å². The third-order valence-electron chi connectivity index (χ3n) is 4.57. The molecule has 0 aliphatic heterocycles. The zero-order valence-electron chi connectivity index (χ0n) is 11.1. The van der Waals surface area contributed by atoms with Gasteiger partial charge in [-0.1, -0.05) is 46.5 Å². The summed E-state index contributed by atoms with van der Waals surface area (Å²) in [7, 11) is 2.14. The number of nitrogens with one attached hydrogen (secondary N) is 1. The highest BCUT2D eigenvalue weighted by atomic mass is 14.9. The van der Waals surface area contributed by atoms with Gasteiger partial charge in [-0.3, -0.25) is 0 Å². The molecule has 1 N–H and O–H groups in total. The third kappa shape index (κ3) is 3.48. The lowest BCUT2D eigenvalue weighted by atomic mass is 9.74. The monoisotopic (exact) mass is 211 g/mol. The number of hydrogen-bond donors (Lipinski definition) is 1. The Labute approximate surface area is 96.0 Å². The van der Waals surface area contributed by atoms with E-state index >= 15 is 0 Å². The zero-order chi connectivity index (χ0) is 11.3. The van der Waals surface area contributed by atoms with Crippen LogP contribution in [0.5, 0.6) is 0 Å². The topological polar surface area (TPSA) is 12.0 Å². The Bertz CT molecular complexity index is 159. The molecule has 1 rings (SSSR count). The van der Waals surface area contributed by atoms with E-state index in [9.17, 15) is 0 Å². The van der Waals surface area contributed by atoms with E-state index in [0.717, 1.165) is 23.8 Å². The summed E-state index contributed by atoms with van der Waals surface area (Å²) < 4.78 is 0. The van der Waals surface area contributed by atoms with Crippen molar-refractivity contribution in [1.82, 2.24) is 5.32 Å². The van der Waals surface area contributed by atoms with Crippen LogP contribution in [-0.2, 0) is 0 Å². The molecule has 90 valence electrons. The SMILES string of the molecule is CCC1CCC(C(NC)C(C)CC)CC1. The molecule has 1 heteroatoms. The van der Waals surface area contributed by atoms with Crippen molar-refractivity contribution in [2.24, 2.45) is 17.8 Å². The molecule has 0 bridgehead atoms.